The van der Waals surface area contributed by atoms with Gasteiger partial charge in [0.05, 0.1) is 5.60 Å². The van der Waals surface area contributed by atoms with E-state index < -0.39 is 17.9 Å². The molecule has 1 unspecified atom stereocenters. The Morgan fingerprint density at radius 2 is 1.87 bits per heavy atom. The molecule has 0 bridgehead atoms. The van der Waals surface area contributed by atoms with Gasteiger partial charge >= 0.3 is 6.18 Å². The summed E-state index contributed by atoms with van der Waals surface area (Å²) in [5, 5.41) is 2.91. The van der Waals surface area contributed by atoms with Crippen molar-refractivity contribution in [1.29, 1.82) is 0 Å². The maximum absolute atomic E-state index is 12.4. The number of hydrogen-bond acceptors (Lipinski definition) is 2. The molecule has 0 saturated heterocycles. The lowest BCUT2D eigenvalue weighted by atomic mass is 10.0. The predicted octanol–water partition coefficient (Wildman–Crippen LogP) is 2.49. The van der Waals surface area contributed by atoms with Crippen molar-refractivity contribution in [1.82, 2.24) is 5.32 Å². The summed E-state index contributed by atoms with van der Waals surface area (Å²) in [7, 11) is 1.74. The maximum atomic E-state index is 12.4. The highest BCUT2D eigenvalue weighted by atomic mass is 19.4. The van der Waals surface area contributed by atoms with Crippen LogP contribution in [-0.2, 0) is 4.74 Å². The summed E-state index contributed by atoms with van der Waals surface area (Å²) in [6.07, 6.45) is -2.60. The zero-order chi connectivity index (χ0) is 11.5. The third-order valence-corrected chi connectivity index (χ3v) is 2.90. The van der Waals surface area contributed by atoms with Crippen LogP contribution in [0.5, 0.6) is 0 Å². The maximum Gasteiger partial charge on any atom is 0.414 e. The van der Waals surface area contributed by atoms with Crippen molar-refractivity contribution in [3.05, 3.63) is 0 Å². The summed E-state index contributed by atoms with van der Waals surface area (Å²) >= 11 is 0. The lowest BCUT2D eigenvalue weighted by Gasteiger charge is -2.33. The molecule has 0 heterocycles. The second kappa shape index (κ2) is 4.70. The van der Waals surface area contributed by atoms with E-state index >= 15 is 0 Å². The van der Waals surface area contributed by atoms with E-state index in [0.29, 0.717) is 19.4 Å². The van der Waals surface area contributed by atoms with Crippen LogP contribution < -0.4 is 5.32 Å². The molecule has 5 heteroatoms. The molecule has 0 aromatic heterocycles. The Bertz CT molecular complexity index is 199. The molecule has 0 radical (unpaired) electrons. The second-order valence-electron chi connectivity index (χ2n) is 4.22. The van der Waals surface area contributed by atoms with Gasteiger partial charge in [-0.1, -0.05) is 12.8 Å². The first-order chi connectivity index (χ1) is 6.90. The molecular weight excluding hydrogens is 207 g/mol. The van der Waals surface area contributed by atoms with E-state index in [-0.39, 0.29) is 0 Å². The molecule has 1 N–H and O–H groups in total. The first-order valence-corrected chi connectivity index (χ1v) is 5.29. The molecule has 1 rings (SSSR count). The van der Waals surface area contributed by atoms with E-state index in [1.54, 1.807) is 7.05 Å². The van der Waals surface area contributed by atoms with E-state index in [2.05, 4.69) is 5.32 Å². The van der Waals surface area contributed by atoms with Crippen LogP contribution in [0.1, 0.15) is 32.6 Å². The fourth-order valence-electron chi connectivity index (χ4n) is 2.12. The van der Waals surface area contributed by atoms with Crippen molar-refractivity contribution in [2.75, 3.05) is 13.6 Å². The molecule has 1 fully saturated rings. The summed E-state index contributed by atoms with van der Waals surface area (Å²) in [6, 6.07) is 0. The molecule has 90 valence electrons. The Kier molecular flexibility index (Phi) is 4.00. The zero-order valence-electron chi connectivity index (χ0n) is 9.16. The highest BCUT2D eigenvalue weighted by Gasteiger charge is 2.44. The van der Waals surface area contributed by atoms with Gasteiger partial charge in [-0.2, -0.15) is 13.2 Å². The molecule has 0 spiro atoms. The van der Waals surface area contributed by atoms with Gasteiger partial charge in [-0.15, -0.1) is 0 Å². The molecule has 1 aliphatic carbocycles. The number of ether oxygens (including phenoxy) is 1. The van der Waals surface area contributed by atoms with E-state index in [0.717, 1.165) is 19.8 Å². The van der Waals surface area contributed by atoms with Gasteiger partial charge in [-0.25, -0.2) is 0 Å². The number of nitrogens with one attached hydrogen (secondary N) is 1. The minimum Gasteiger partial charge on any atom is -0.361 e. The van der Waals surface area contributed by atoms with Gasteiger partial charge in [0, 0.05) is 6.54 Å². The Labute approximate surface area is 88.2 Å². The van der Waals surface area contributed by atoms with Crippen LogP contribution in [0.25, 0.3) is 0 Å². The molecule has 15 heavy (non-hydrogen) atoms. The van der Waals surface area contributed by atoms with Crippen molar-refractivity contribution in [3.8, 4) is 0 Å². The Balaban J connectivity index is 2.59. The smallest absolute Gasteiger partial charge is 0.361 e. The largest absolute Gasteiger partial charge is 0.414 e. The summed E-state index contributed by atoms with van der Waals surface area (Å²) in [5.74, 6) is 0. The Morgan fingerprint density at radius 1 is 1.33 bits per heavy atom. The summed E-state index contributed by atoms with van der Waals surface area (Å²) in [6.45, 7) is 1.57. The third kappa shape index (κ3) is 3.34. The molecule has 1 saturated carbocycles. The van der Waals surface area contributed by atoms with Gasteiger partial charge in [0.15, 0.2) is 6.10 Å². The van der Waals surface area contributed by atoms with E-state index in [4.69, 9.17) is 4.74 Å². The molecule has 1 aliphatic rings. The number of alkyl halides is 3. The minimum absolute atomic E-state index is 0.493. The fraction of sp³-hybridized carbons (Fsp3) is 1.00. The monoisotopic (exact) mass is 225 g/mol. The zero-order valence-corrected chi connectivity index (χ0v) is 9.16. The summed E-state index contributed by atoms with van der Waals surface area (Å²) in [4.78, 5) is 0. The van der Waals surface area contributed by atoms with E-state index in [1.165, 1.54) is 0 Å². The van der Waals surface area contributed by atoms with Crippen molar-refractivity contribution >= 4 is 0 Å². The summed E-state index contributed by atoms with van der Waals surface area (Å²) in [5.41, 5.74) is -0.607. The third-order valence-electron chi connectivity index (χ3n) is 2.90. The first kappa shape index (κ1) is 12.8. The normalized spacial score (nSPS) is 23.0. The molecule has 0 aromatic carbocycles. The van der Waals surface area contributed by atoms with Crippen molar-refractivity contribution in [2.24, 2.45) is 0 Å². The molecular formula is C10H18F3NO. The van der Waals surface area contributed by atoms with Gasteiger partial charge in [0.2, 0.25) is 0 Å². The van der Waals surface area contributed by atoms with Gasteiger partial charge in [0.1, 0.15) is 0 Å². The number of rotatable bonds is 4. The average Bonchev–Trinajstić information content (AvgIpc) is 2.52. The molecule has 0 aliphatic heterocycles. The van der Waals surface area contributed by atoms with Crippen LogP contribution in [0.4, 0.5) is 13.2 Å². The quantitative estimate of drug-likeness (QED) is 0.793. The predicted molar refractivity (Wildman–Crippen MR) is 51.7 cm³/mol. The van der Waals surface area contributed by atoms with Crippen LogP contribution >= 0.6 is 0 Å². The van der Waals surface area contributed by atoms with Crippen LogP contribution in [0, 0.1) is 0 Å². The topological polar surface area (TPSA) is 21.3 Å². The number of hydrogen-bond donors (Lipinski definition) is 1. The lowest BCUT2D eigenvalue weighted by Crippen LogP contribution is -2.45. The van der Waals surface area contributed by atoms with Gasteiger partial charge < -0.3 is 10.1 Å². The van der Waals surface area contributed by atoms with E-state index in [1.807, 2.05) is 0 Å². The van der Waals surface area contributed by atoms with Gasteiger partial charge in [0.25, 0.3) is 0 Å². The van der Waals surface area contributed by atoms with Crippen LogP contribution in [0.2, 0.25) is 0 Å². The molecule has 1 atom stereocenters. The van der Waals surface area contributed by atoms with Crippen molar-refractivity contribution in [2.45, 2.75) is 50.5 Å². The van der Waals surface area contributed by atoms with Crippen LogP contribution in [0.3, 0.4) is 0 Å². The van der Waals surface area contributed by atoms with Crippen LogP contribution in [-0.4, -0.2) is 31.5 Å². The minimum atomic E-state index is -4.26. The Hall–Kier alpha value is -0.290. The number of halogens is 3. The van der Waals surface area contributed by atoms with Gasteiger partial charge in [-0.3, -0.25) is 0 Å². The molecule has 0 aromatic rings. The van der Waals surface area contributed by atoms with Crippen LogP contribution in [0.15, 0.2) is 0 Å². The summed E-state index contributed by atoms with van der Waals surface area (Å²) < 4.78 is 42.3. The highest BCUT2D eigenvalue weighted by molar-refractivity contribution is 4.89. The van der Waals surface area contributed by atoms with Gasteiger partial charge in [-0.05, 0) is 26.8 Å². The highest BCUT2D eigenvalue weighted by Crippen LogP contribution is 2.36. The van der Waals surface area contributed by atoms with Crippen molar-refractivity contribution in [3.63, 3.8) is 0 Å². The van der Waals surface area contributed by atoms with Crippen molar-refractivity contribution < 1.29 is 17.9 Å². The molecule has 0 amide bonds. The van der Waals surface area contributed by atoms with E-state index in [9.17, 15) is 13.2 Å². The second-order valence-corrected chi connectivity index (χ2v) is 4.22. The lowest BCUT2D eigenvalue weighted by molar-refractivity contribution is -0.245. The standard InChI is InChI=1S/C10H18F3NO/c1-8(10(11,12)13)15-9(7-14-2)5-3-4-6-9/h8,14H,3-7H2,1-2H3. The molecule has 2 nitrogen and oxygen atoms in total. The SMILES string of the molecule is CNCC1(OC(C)C(F)(F)F)CCCC1. The Morgan fingerprint density at radius 3 is 2.27 bits per heavy atom. The number of likely N-dealkylation sites (N-methyl/N-ethyl adjacent to an activating group) is 1. The fourth-order valence-corrected chi connectivity index (χ4v) is 2.12. The first-order valence-electron chi connectivity index (χ1n) is 5.29. The average molecular weight is 225 g/mol.